The highest BCUT2D eigenvalue weighted by molar-refractivity contribution is 6.04. The van der Waals surface area contributed by atoms with Gasteiger partial charge in [-0.05, 0) is 17.7 Å². The van der Waals surface area contributed by atoms with Crippen LogP contribution in [-0.2, 0) is 12.5 Å². The molecule has 0 saturated carbocycles. The second kappa shape index (κ2) is 6.59. The number of hydrogen-bond acceptors (Lipinski definition) is 5. The Morgan fingerprint density at radius 3 is 2.42 bits per heavy atom. The van der Waals surface area contributed by atoms with Crippen molar-refractivity contribution in [1.82, 2.24) is 19.7 Å². The first-order valence-electron chi connectivity index (χ1n) is 8.28. The molecule has 7 heteroatoms. The van der Waals surface area contributed by atoms with Gasteiger partial charge in [-0.1, -0.05) is 32.9 Å². The van der Waals surface area contributed by atoms with Crippen molar-refractivity contribution in [2.75, 3.05) is 11.1 Å². The van der Waals surface area contributed by atoms with Crippen molar-refractivity contribution in [3.05, 3.63) is 54.0 Å². The average Bonchev–Trinajstić information content (AvgIpc) is 2.97. The lowest BCUT2D eigenvalue weighted by molar-refractivity contribution is 0.102. The lowest BCUT2D eigenvalue weighted by Gasteiger charge is -2.13. The summed E-state index contributed by atoms with van der Waals surface area (Å²) in [4.78, 5) is 20.6. The van der Waals surface area contributed by atoms with E-state index in [-0.39, 0.29) is 17.3 Å². The highest BCUT2D eigenvalue weighted by atomic mass is 16.1. The van der Waals surface area contributed by atoms with Crippen molar-refractivity contribution in [3.8, 4) is 11.1 Å². The summed E-state index contributed by atoms with van der Waals surface area (Å²) in [7, 11) is 1.81. The van der Waals surface area contributed by atoms with E-state index in [1.807, 2.05) is 25.2 Å². The zero-order valence-electron chi connectivity index (χ0n) is 15.3. The molecule has 2 aromatic heterocycles. The fraction of sp³-hybridized carbons (Fsp3) is 0.263. The van der Waals surface area contributed by atoms with Gasteiger partial charge >= 0.3 is 0 Å². The summed E-state index contributed by atoms with van der Waals surface area (Å²) in [5.41, 5.74) is 8.53. The van der Waals surface area contributed by atoms with Gasteiger partial charge < -0.3 is 11.1 Å². The van der Waals surface area contributed by atoms with Crippen LogP contribution in [0.2, 0.25) is 0 Å². The molecule has 0 radical (unpaired) electrons. The van der Waals surface area contributed by atoms with Gasteiger partial charge in [0.15, 0.2) is 0 Å². The zero-order valence-corrected chi connectivity index (χ0v) is 15.3. The van der Waals surface area contributed by atoms with Crippen molar-refractivity contribution in [1.29, 1.82) is 0 Å². The summed E-state index contributed by atoms with van der Waals surface area (Å²) in [5, 5.41) is 7.39. The predicted octanol–water partition coefficient (Wildman–Crippen LogP) is 3.01. The molecular weight excluding hydrogens is 328 g/mol. The van der Waals surface area contributed by atoms with Gasteiger partial charge in [-0.2, -0.15) is 5.10 Å². The molecule has 1 amide bonds. The third kappa shape index (κ3) is 3.72. The fourth-order valence-electron chi connectivity index (χ4n) is 2.47. The average molecular weight is 350 g/mol. The number of nitrogens with one attached hydrogen (secondary N) is 1. The quantitative estimate of drug-likeness (QED) is 0.756. The normalized spacial score (nSPS) is 11.4. The van der Waals surface area contributed by atoms with Crippen molar-refractivity contribution in [3.63, 3.8) is 0 Å². The van der Waals surface area contributed by atoms with Crippen LogP contribution in [0, 0.1) is 0 Å². The van der Waals surface area contributed by atoms with Crippen LogP contribution in [0.1, 0.15) is 36.8 Å². The summed E-state index contributed by atoms with van der Waals surface area (Å²) < 4.78 is 1.68. The number of rotatable bonds is 3. The Labute approximate surface area is 152 Å². The minimum atomic E-state index is -0.202. The Kier molecular flexibility index (Phi) is 4.46. The van der Waals surface area contributed by atoms with Gasteiger partial charge in [0.1, 0.15) is 5.82 Å². The van der Waals surface area contributed by atoms with Crippen LogP contribution in [0.4, 0.5) is 11.8 Å². The molecule has 3 aromatic rings. The van der Waals surface area contributed by atoms with Crippen LogP contribution >= 0.6 is 0 Å². The van der Waals surface area contributed by atoms with Crippen LogP contribution in [0.25, 0.3) is 11.1 Å². The summed E-state index contributed by atoms with van der Waals surface area (Å²) in [6, 6.07) is 9.18. The van der Waals surface area contributed by atoms with Gasteiger partial charge in [-0.15, -0.1) is 0 Å². The number of carbonyl (C=O) groups is 1. The Bertz CT molecular complexity index is 937. The Balaban J connectivity index is 1.84. The van der Waals surface area contributed by atoms with Crippen molar-refractivity contribution >= 4 is 17.7 Å². The molecule has 0 fully saturated rings. The molecule has 2 heterocycles. The second-order valence-electron chi connectivity index (χ2n) is 7.15. The maximum Gasteiger partial charge on any atom is 0.256 e. The highest BCUT2D eigenvalue weighted by Gasteiger charge is 2.20. The summed E-state index contributed by atoms with van der Waals surface area (Å²) >= 11 is 0. The molecule has 0 aliphatic heterocycles. The molecule has 0 atom stereocenters. The first-order chi connectivity index (χ1) is 12.2. The number of aromatic nitrogens is 4. The first kappa shape index (κ1) is 17.6. The number of hydrogen-bond donors (Lipinski definition) is 2. The minimum absolute atomic E-state index is 0.0875. The van der Waals surface area contributed by atoms with E-state index in [1.54, 1.807) is 29.2 Å². The van der Waals surface area contributed by atoms with Crippen LogP contribution < -0.4 is 11.1 Å². The molecule has 0 aliphatic carbocycles. The number of carbonyl (C=O) groups excluding carboxylic acids is 1. The van der Waals surface area contributed by atoms with E-state index in [0.717, 1.165) is 16.8 Å². The Hall–Kier alpha value is -3.22. The number of nitrogens with two attached hydrogens (primary N) is 1. The second-order valence-corrected chi connectivity index (χ2v) is 7.15. The van der Waals surface area contributed by atoms with Crippen LogP contribution in [0.15, 0.2) is 42.7 Å². The van der Waals surface area contributed by atoms with Crippen LogP contribution in [-0.4, -0.2) is 25.7 Å². The van der Waals surface area contributed by atoms with Crippen LogP contribution in [0.5, 0.6) is 0 Å². The minimum Gasteiger partial charge on any atom is -0.368 e. The number of nitrogens with zero attached hydrogens (tertiary/aromatic N) is 4. The standard InChI is InChI=1S/C19H22N6O/c1-19(2,3)15-9-16(25(4)24-15)23-17(26)13-7-5-6-12(8-13)14-10-21-18(20)22-11-14/h5-11H,1-4H3,(H,23,26)(H2,20,21,22). The van der Waals surface area contributed by atoms with E-state index in [2.05, 4.69) is 41.2 Å². The maximum absolute atomic E-state index is 12.7. The van der Waals surface area contributed by atoms with Gasteiger partial charge in [-0.3, -0.25) is 9.48 Å². The van der Waals surface area contributed by atoms with Crippen molar-refractivity contribution < 1.29 is 4.79 Å². The Morgan fingerprint density at radius 2 is 1.81 bits per heavy atom. The fourth-order valence-corrected chi connectivity index (χ4v) is 2.47. The van der Waals surface area contributed by atoms with E-state index >= 15 is 0 Å². The monoisotopic (exact) mass is 350 g/mol. The number of aryl methyl sites for hydroxylation is 1. The number of benzene rings is 1. The molecule has 1 aromatic carbocycles. The van der Waals surface area contributed by atoms with E-state index in [1.165, 1.54) is 0 Å². The number of nitrogen functional groups attached to an aromatic ring is 1. The molecule has 0 bridgehead atoms. The van der Waals surface area contributed by atoms with Gasteiger partial charge in [0.2, 0.25) is 5.95 Å². The lowest BCUT2D eigenvalue weighted by atomic mass is 9.92. The topological polar surface area (TPSA) is 98.7 Å². The van der Waals surface area contributed by atoms with E-state index in [4.69, 9.17) is 5.73 Å². The SMILES string of the molecule is Cn1nc(C(C)(C)C)cc1NC(=O)c1cccc(-c2cnc(N)nc2)c1. The van der Waals surface area contributed by atoms with E-state index < -0.39 is 0 Å². The first-order valence-corrected chi connectivity index (χ1v) is 8.28. The van der Waals surface area contributed by atoms with Crippen LogP contribution in [0.3, 0.4) is 0 Å². The van der Waals surface area contributed by atoms with Crippen molar-refractivity contribution in [2.45, 2.75) is 26.2 Å². The largest absolute Gasteiger partial charge is 0.368 e. The molecule has 0 spiro atoms. The smallest absolute Gasteiger partial charge is 0.256 e. The van der Waals surface area contributed by atoms with Gasteiger partial charge in [-0.25, -0.2) is 9.97 Å². The lowest BCUT2D eigenvalue weighted by Crippen LogP contribution is -2.14. The molecular formula is C19H22N6O. The summed E-state index contributed by atoms with van der Waals surface area (Å²) in [5.74, 6) is 0.668. The molecule has 26 heavy (non-hydrogen) atoms. The number of amides is 1. The predicted molar refractivity (Wildman–Crippen MR) is 102 cm³/mol. The zero-order chi connectivity index (χ0) is 18.9. The van der Waals surface area contributed by atoms with Gasteiger partial charge in [0.05, 0.1) is 5.69 Å². The van der Waals surface area contributed by atoms with E-state index in [0.29, 0.717) is 11.4 Å². The van der Waals surface area contributed by atoms with Gasteiger partial charge in [0.25, 0.3) is 5.91 Å². The summed E-state index contributed by atoms with van der Waals surface area (Å²) in [6.07, 6.45) is 3.27. The molecule has 3 rings (SSSR count). The molecule has 7 nitrogen and oxygen atoms in total. The maximum atomic E-state index is 12.7. The molecule has 0 unspecified atom stereocenters. The molecule has 134 valence electrons. The molecule has 0 aliphatic rings. The highest BCUT2D eigenvalue weighted by Crippen LogP contribution is 2.24. The van der Waals surface area contributed by atoms with Crippen molar-refractivity contribution in [2.24, 2.45) is 7.05 Å². The molecule has 3 N–H and O–H groups in total. The van der Waals surface area contributed by atoms with E-state index in [9.17, 15) is 4.79 Å². The third-order valence-corrected chi connectivity index (χ3v) is 4.02. The third-order valence-electron chi connectivity index (χ3n) is 4.02. The van der Waals surface area contributed by atoms with Gasteiger partial charge in [0, 0.05) is 42.0 Å². The summed E-state index contributed by atoms with van der Waals surface area (Å²) in [6.45, 7) is 6.25. The Morgan fingerprint density at radius 1 is 1.12 bits per heavy atom. The number of anilines is 2. The molecule has 0 saturated heterocycles.